The van der Waals surface area contributed by atoms with E-state index >= 15 is 0 Å². The summed E-state index contributed by atoms with van der Waals surface area (Å²) in [6.07, 6.45) is 5.08. The molecule has 0 bridgehead atoms. The highest BCUT2D eigenvalue weighted by atomic mass is 16.5. The van der Waals surface area contributed by atoms with Gasteiger partial charge in [0.25, 0.3) is 5.91 Å². The van der Waals surface area contributed by atoms with Crippen LogP contribution in [0.2, 0.25) is 0 Å². The Morgan fingerprint density at radius 1 is 1.00 bits per heavy atom. The van der Waals surface area contributed by atoms with Crippen LogP contribution in [0.4, 0.5) is 0 Å². The lowest BCUT2D eigenvalue weighted by atomic mass is 10.2. The number of nitrogens with one attached hydrogen (secondary N) is 1. The number of allylic oxidation sites excluding steroid dienone is 2. The first-order valence-electron chi connectivity index (χ1n) is 7.67. The standard InChI is InChI=1S/C20H19NO3/c1-2-24-20(23)18(15-9-12-16-10-5-3-6-11-16)21-19(22)17-13-7-4-8-14-17/h3-15H,2H2,1H3,(H,21,22)/b12-9+,18-15?. The smallest absolute Gasteiger partial charge is 0.354 e. The van der Waals surface area contributed by atoms with Gasteiger partial charge in [-0.25, -0.2) is 4.79 Å². The molecule has 2 aromatic rings. The minimum atomic E-state index is -0.570. The van der Waals surface area contributed by atoms with E-state index in [1.54, 1.807) is 37.3 Å². The number of hydrogen-bond donors (Lipinski definition) is 1. The van der Waals surface area contributed by atoms with Crippen molar-refractivity contribution >= 4 is 18.0 Å². The molecule has 0 aliphatic carbocycles. The largest absolute Gasteiger partial charge is 0.461 e. The average molecular weight is 321 g/mol. The van der Waals surface area contributed by atoms with Gasteiger partial charge in [0, 0.05) is 5.56 Å². The molecule has 24 heavy (non-hydrogen) atoms. The molecule has 1 amide bonds. The molecule has 2 aromatic carbocycles. The molecule has 0 fully saturated rings. The van der Waals surface area contributed by atoms with Crippen molar-refractivity contribution < 1.29 is 14.3 Å². The number of ether oxygens (including phenoxy) is 1. The first-order valence-corrected chi connectivity index (χ1v) is 7.67. The quantitative estimate of drug-likeness (QED) is 0.503. The molecule has 0 aromatic heterocycles. The molecule has 0 radical (unpaired) electrons. The van der Waals surface area contributed by atoms with Crippen LogP contribution in [-0.4, -0.2) is 18.5 Å². The lowest BCUT2D eigenvalue weighted by Crippen LogP contribution is -2.28. The molecular weight excluding hydrogens is 302 g/mol. The molecule has 122 valence electrons. The molecule has 2 rings (SSSR count). The minimum absolute atomic E-state index is 0.0953. The molecule has 0 aliphatic rings. The van der Waals surface area contributed by atoms with Gasteiger partial charge in [0.1, 0.15) is 5.70 Å². The highest BCUT2D eigenvalue weighted by Crippen LogP contribution is 2.05. The summed E-state index contributed by atoms with van der Waals surface area (Å²) in [5, 5.41) is 2.60. The summed E-state index contributed by atoms with van der Waals surface area (Å²) in [7, 11) is 0. The van der Waals surface area contributed by atoms with Crippen LogP contribution in [0.5, 0.6) is 0 Å². The Morgan fingerprint density at radius 2 is 1.62 bits per heavy atom. The van der Waals surface area contributed by atoms with E-state index in [4.69, 9.17) is 4.74 Å². The zero-order valence-electron chi connectivity index (χ0n) is 13.4. The van der Waals surface area contributed by atoms with Crippen LogP contribution in [0.3, 0.4) is 0 Å². The van der Waals surface area contributed by atoms with Gasteiger partial charge in [-0.2, -0.15) is 0 Å². The van der Waals surface area contributed by atoms with E-state index in [-0.39, 0.29) is 18.2 Å². The predicted molar refractivity (Wildman–Crippen MR) is 94.1 cm³/mol. The van der Waals surface area contributed by atoms with Crippen molar-refractivity contribution in [1.29, 1.82) is 0 Å². The second kappa shape index (κ2) is 9.10. The van der Waals surface area contributed by atoms with Crippen molar-refractivity contribution in [1.82, 2.24) is 5.32 Å². The molecule has 0 atom stereocenters. The Balaban J connectivity index is 2.15. The topological polar surface area (TPSA) is 55.4 Å². The Labute approximate surface area is 141 Å². The average Bonchev–Trinajstić information content (AvgIpc) is 2.62. The van der Waals surface area contributed by atoms with Gasteiger partial charge in [0.2, 0.25) is 0 Å². The van der Waals surface area contributed by atoms with Gasteiger partial charge in [-0.1, -0.05) is 60.7 Å². The maximum Gasteiger partial charge on any atom is 0.354 e. The van der Waals surface area contributed by atoms with Crippen LogP contribution in [0.1, 0.15) is 22.8 Å². The number of rotatable bonds is 6. The highest BCUT2D eigenvalue weighted by Gasteiger charge is 2.14. The minimum Gasteiger partial charge on any atom is -0.461 e. The fraction of sp³-hybridized carbons (Fsp3) is 0.100. The van der Waals surface area contributed by atoms with E-state index in [1.807, 2.05) is 42.5 Å². The zero-order valence-corrected chi connectivity index (χ0v) is 13.4. The number of hydrogen-bond acceptors (Lipinski definition) is 3. The van der Waals surface area contributed by atoms with Gasteiger partial charge in [-0.3, -0.25) is 4.79 Å². The van der Waals surface area contributed by atoms with Gasteiger partial charge in [0.05, 0.1) is 6.61 Å². The van der Waals surface area contributed by atoms with Crippen molar-refractivity contribution in [2.45, 2.75) is 6.92 Å². The summed E-state index contributed by atoms with van der Waals surface area (Å²) in [6, 6.07) is 18.4. The molecule has 0 unspecified atom stereocenters. The second-order valence-corrected chi connectivity index (χ2v) is 4.89. The van der Waals surface area contributed by atoms with E-state index in [2.05, 4.69) is 5.32 Å². The molecular formula is C20H19NO3. The van der Waals surface area contributed by atoms with Gasteiger partial charge in [0.15, 0.2) is 0 Å². The normalized spacial score (nSPS) is 11.3. The van der Waals surface area contributed by atoms with E-state index in [0.29, 0.717) is 5.56 Å². The van der Waals surface area contributed by atoms with Crippen molar-refractivity contribution in [3.05, 3.63) is 89.6 Å². The van der Waals surface area contributed by atoms with Crippen LogP contribution in [-0.2, 0) is 9.53 Å². The van der Waals surface area contributed by atoms with Crippen LogP contribution >= 0.6 is 0 Å². The monoisotopic (exact) mass is 321 g/mol. The lowest BCUT2D eigenvalue weighted by molar-refractivity contribution is -0.138. The van der Waals surface area contributed by atoms with Crippen molar-refractivity contribution in [2.24, 2.45) is 0 Å². The van der Waals surface area contributed by atoms with Gasteiger partial charge < -0.3 is 10.1 Å². The van der Waals surface area contributed by atoms with E-state index in [1.165, 1.54) is 6.08 Å². The number of esters is 1. The molecule has 0 saturated carbocycles. The third-order valence-electron chi connectivity index (χ3n) is 3.13. The van der Waals surface area contributed by atoms with Crippen LogP contribution in [0, 0.1) is 0 Å². The van der Waals surface area contributed by atoms with Gasteiger partial charge in [-0.15, -0.1) is 0 Å². The van der Waals surface area contributed by atoms with E-state index in [0.717, 1.165) is 5.56 Å². The van der Waals surface area contributed by atoms with Crippen LogP contribution in [0.15, 0.2) is 78.5 Å². The second-order valence-electron chi connectivity index (χ2n) is 4.89. The van der Waals surface area contributed by atoms with Crippen LogP contribution in [0.25, 0.3) is 6.08 Å². The molecule has 4 nitrogen and oxygen atoms in total. The fourth-order valence-corrected chi connectivity index (χ4v) is 1.97. The summed E-state index contributed by atoms with van der Waals surface area (Å²) in [5.41, 5.74) is 1.56. The van der Waals surface area contributed by atoms with Crippen LogP contribution < -0.4 is 5.32 Å². The summed E-state index contributed by atoms with van der Waals surface area (Å²) in [6.45, 7) is 1.95. The maximum absolute atomic E-state index is 12.2. The number of carbonyl (C=O) groups is 2. The molecule has 0 heterocycles. The van der Waals surface area contributed by atoms with Gasteiger partial charge >= 0.3 is 5.97 Å². The summed E-state index contributed by atoms with van der Waals surface area (Å²) in [5.74, 6) is -0.928. The Morgan fingerprint density at radius 3 is 2.25 bits per heavy atom. The van der Waals surface area contributed by atoms with E-state index in [9.17, 15) is 9.59 Å². The van der Waals surface area contributed by atoms with Crippen molar-refractivity contribution in [2.75, 3.05) is 6.61 Å². The molecule has 1 N–H and O–H groups in total. The molecule has 0 spiro atoms. The third kappa shape index (κ3) is 5.25. The first kappa shape index (κ1) is 17.2. The molecule has 4 heteroatoms. The SMILES string of the molecule is CCOC(=O)C(=C/C=C/c1ccccc1)NC(=O)c1ccccc1. The third-order valence-corrected chi connectivity index (χ3v) is 3.13. The summed E-state index contributed by atoms with van der Waals surface area (Å²) in [4.78, 5) is 24.2. The number of carbonyl (C=O) groups excluding carboxylic acids is 2. The molecule has 0 aliphatic heterocycles. The summed E-state index contributed by atoms with van der Waals surface area (Å²) < 4.78 is 4.99. The first-order chi connectivity index (χ1) is 11.7. The fourth-order valence-electron chi connectivity index (χ4n) is 1.97. The zero-order chi connectivity index (χ0) is 17.2. The Kier molecular flexibility index (Phi) is 6.53. The number of benzene rings is 2. The number of amides is 1. The molecule has 0 saturated heterocycles. The Bertz CT molecular complexity index is 734. The van der Waals surface area contributed by atoms with E-state index < -0.39 is 5.97 Å². The summed E-state index contributed by atoms with van der Waals surface area (Å²) >= 11 is 0. The van der Waals surface area contributed by atoms with Crippen molar-refractivity contribution in [3.8, 4) is 0 Å². The highest BCUT2D eigenvalue weighted by molar-refractivity contribution is 6.01. The van der Waals surface area contributed by atoms with Gasteiger partial charge in [-0.05, 0) is 30.7 Å². The lowest BCUT2D eigenvalue weighted by Gasteiger charge is -2.08. The Hall–Kier alpha value is -3.14. The predicted octanol–water partition coefficient (Wildman–Crippen LogP) is 3.58. The maximum atomic E-state index is 12.2. The van der Waals surface area contributed by atoms with Crippen molar-refractivity contribution in [3.63, 3.8) is 0 Å².